The highest BCUT2D eigenvalue weighted by atomic mass is 16.2. The number of nitrogens with zero attached hydrogens (tertiary/aromatic N) is 2. The largest absolute Gasteiger partial charge is 0.341 e. The molecule has 0 atom stereocenters. The molecule has 0 bridgehead atoms. The maximum Gasteiger partial charge on any atom is 0.341 e. The predicted octanol–water partition coefficient (Wildman–Crippen LogP) is -0.985. The lowest BCUT2D eigenvalue weighted by Gasteiger charge is -2.11. The lowest BCUT2D eigenvalue weighted by Crippen LogP contribution is -2.38. The molecule has 0 spiro atoms. The SMILES string of the molecule is CNN1CC(=O)N(C)C1=O. The van der Waals surface area contributed by atoms with Crippen molar-refractivity contribution in [3.63, 3.8) is 0 Å². The van der Waals surface area contributed by atoms with E-state index >= 15 is 0 Å². The molecule has 1 aliphatic heterocycles. The lowest BCUT2D eigenvalue weighted by atomic mass is 10.6. The molecule has 1 fully saturated rings. The first kappa shape index (κ1) is 7.01. The van der Waals surface area contributed by atoms with Crippen LogP contribution >= 0.6 is 0 Å². The van der Waals surface area contributed by atoms with E-state index in [9.17, 15) is 9.59 Å². The molecule has 0 unspecified atom stereocenters. The van der Waals surface area contributed by atoms with Crippen LogP contribution in [0.5, 0.6) is 0 Å². The molecule has 5 nitrogen and oxygen atoms in total. The summed E-state index contributed by atoms with van der Waals surface area (Å²) in [5.74, 6) is -0.181. The van der Waals surface area contributed by atoms with Crippen LogP contribution < -0.4 is 5.43 Å². The van der Waals surface area contributed by atoms with Gasteiger partial charge in [0.25, 0.3) is 5.91 Å². The number of rotatable bonds is 1. The van der Waals surface area contributed by atoms with Crippen LogP contribution in [-0.4, -0.2) is 42.5 Å². The monoisotopic (exact) mass is 143 g/mol. The van der Waals surface area contributed by atoms with E-state index in [1.807, 2.05) is 0 Å². The van der Waals surface area contributed by atoms with Crippen molar-refractivity contribution in [1.82, 2.24) is 15.3 Å². The third kappa shape index (κ3) is 0.841. The summed E-state index contributed by atoms with van der Waals surface area (Å²) in [6.45, 7) is 0.131. The Morgan fingerprint density at radius 2 is 2.10 bits per heavy atom. The molecule has 0 aliphatic carbocycles. The third-order valence-electron chi connectivity index (χ3n) is 1.46. The molecule has 3 amide bonds. The standard InChI is InChI=1S/C5H9N3O2/c1-6-8-3-4(9)7(2)5(8)10/h6H,3H2,1-2H3. The molecule has 10 heavy (non-hydrogen) atoms. The second-order valence-corrected chi connectivity index (χ2v) is 2.05. The molecule has 0 saturated carbocycles. The van der Waals surface area contributed by atoms with Gasteiger partial charge in [-0.1, -0.05) is 0 Å². The Morgan fingerprint density at radius 3 is 2.30 bits per heavy atom. The molecule has 0 radical (unpaired) electrons. The Bertz CT molecular complexity index is 180. The average Bonchev–Trinajstić information content (AvgIpc) is 2.17. The van der Waals surface area contributed by atoms with Gasteiger partial charge < -0.3 is 0 Å². The molecule has 1 aliphatic rings. The number of imide groups is 1. The van der Waals surface area contributed by atoms with Gasteiger partial charge in [0.1, 0.15) is 6.54 Å². The Labute approximate surface area is 58.6 Å². The van der Waals surface area contributed by atoms with Crippen molar-refractivity contribution < 1.29 is 9.59 Å². The van der Waals surface area contributed by atoms with E-state index in [1.54, 1.807) is 7.05 Å². The third-order valence-corrected chi connectivity index (χ3v) is 1.46. The van der Waals surface area contributed by atoms with E-state index in [1.165, 1.54) is 12.1 Å². The highest BCUT2D eigenvalue weighted by molar-refractivity contribution is 6.01. The summed E-state index contributed by atoms with van der Waals surface area (Å²) in [6.07, 6.45) is 0. The van der Waals surface area contributed by atoms with E-state index in [-0.39, 0.29) is 18.5 Å². The highest BCUT2D eigenvalue weighted by Crippen LogP contribution is 2.02. The number of hydrogen-bond acceptors (Lipinski definition) is 3. The summed E-state index contributed by atoms with van der Waals surface area (Å²) >= 11 is 0. The van der Waals surface area contributed by atoms with E-state index < -0.39 is 0 Å². The van der Waals surface area contributed by atoms with Crippen LogP contribution in [0, 0.1) is 0 Å². The number of urea groups is 1. The first-order valence-corrected chi connectivity index (χ1v) is 2.92. The number of amides is 3. The molecule has 1 saturated heterocycles. The number of likely N-dealkylation sites (N-methyl/N-ethyl adjacent to an activating group) is 1. The zero-order chi connectivity index (χ0) is 7.72. The minimum Gasteiger partial charge on any atom is -0.272 e. The molecule has 0 aromatic heterocycles. The Balaban J connectivity index is 2.71. The molecule has 1 N–H and O–H groups in total. The first-order chi connectivity index (χ1) is 4.66. The van der Waals surface area contributed by atoms with Crippen LogP contribution in [0.2, 0.25) is 0 Å². The molecule has 5 heteroatoms. The summed E-state index contributed by atoms with van der Waals surface area (Å²) in [6, 6.07) is -0.299. The lowest BCUT2D eigenvalue weighted by molar-refractivity contribution is -0.124. The van der Waals surface area contributed by atoms with E-state index in [4.69, 9.17) is 0 Å². The van der Waals surface area contributed by atoms with Crippen molar-refractivity contribution in [3.05, 3.63) is 0 Å². The quantitative estimate of drug-likeness (QED) is 0.480. The van der Waals surface area contributed by atoms with Gasteiger partial charge in [0.2, 0.25) is 0 Å². The van der Waals surface area contributed by atoms with Crippen molar-refractivity contribution in [1.29, 1.82) is 0 Å². The number of carbonyl (C=O) groups excluding carboxylic acids is 2. The predicted molar refractivity (Wildman–Crippen MR) is 33.9 cm³/mol. The Kier molecular flexibility index (Phi) is 1.58. The normalized spacial score (nSPS) is 19.0. The summed E-state index contributed by atoms with van der Waals surface area (Å²) in [5.41, 5.74) is 2.60. The van der Waals surface area contributed by atoms with E-state index in [0.717, 1.165) is 4.90 Å². The maximum absolute atomic E-state index is 10.9. The van der Waals surface area contributed by atoms with Gasteiger partial charge in [0.05, 0.1) is 0 Å². The second kappa shape index (κ2) is 2.26. The van der Waals surface area contributed by atoms with E-state index in [2.05, 4.69) is 5.43 Å². The maximum atomic E-state index is 10.9. The van der Waals surface area contributed by atoms with Gasteiger partial charge in [0.15, 0.2) is 0 Å². The van der Waals surface area contributed by atoms with Gasteiger partial charge in [-0.2, -0.15) is 0 Å². The minimum atomic E-state index is -0.299. The van der Waals surface area contributed by atoms with Crippen LogP contribution in [0.15, 0.2) is 0 Å². The summed E-state index contributed by atoms with van der Waals surface area (Å²) in [5, 5.41) is 1.25. The number of hydrogen-bond donors (Lipinski definition) is 1. The average molecular weight is 143 g/mol. The molecule has 1 rings (SSSR count). The van der Waals surface area contributed by atoms with Gasteiger partial charge >= 0.3 is 6.03 Å². The van der Waals surface area contributed by atoms with Crippen molar-refractivity contribution in [3.8, 4) is 0 Å². The topological polar surface area (TPSA) is 52.7 Å². The summed E-state index contributed by atoms with van der Waals surface area (Å²) < 4.78 is 0. The van der Waals surface area contributed by atoms with Gasteiger partial charge in [-0.05, 0) is 0 Å². The Morgan fingerprint density at radius 1 is 1.50 bits per heavy atom. The second-order valence-electron chi connectivity index (χ2n) is 2.05. The number of nitrogens with one attached hydrogen (secondary N) is 1. The van der Waals surface area contributed by atoms with Gasteiger partial charge in [-0.25, -0.2) is 10.2 Å². The fourth-order valence-corrected chi connectivity index (χ4v) is 0.771. The van der Waals surface area contributed by atoms with Gasteiger partial charge in [-0.3, -0.25) is 14.7 Å². The van der Waals surface area contributed by atoms with Crippen molar-refractivity contribution in [2.45, 2.75) is 0 Å². The van der Waals surface area contributed by atoms with Crippen molar-refractivity contribution >= 4 is 11.9 Å². The minimum absolute atomic E-state index is 0.131. The molecule has 56 valence electrons. The van der Waals surface area contributed by atoms with E-state index in [0.29, 0.717) is 0 Å². The fraction of sp³-hybridized carbons (Fsp3) is 0.600. The van der Waals surface area contributed by atoms with Crippen LogP contribution in [-0.2, 0) is 4.79 Å². The van der Waals surface area contributed by atoms with Crippen LogP contribution in [0.1, 0.15) is 0 Å². The smallest absolute Gasteiger partial charge is 0.272 e. The van der Waals surface area contributed by atoms with Crippen LogP contribution in [0.25, 0.3) is 0 Å². The molecular formula is C5H9N3O2. The molecule has 0 aromatic rings. The highest BCUT2D eigenvalue weighted by Gasteiger charge is 2.31. The zero-order valence-electron chi connectivity index (χ0n) is 5.92. The van der Waals surface area contributed by atoms with Crippen molar-refractivity contribution in [2.24, 2.45) is 0 Å². The van der Waals surface area contributed by atoms with Crippen LogP contribution in [0.3, 0.4) is 0 Å². The van der Waals surface area contributed by atoms with Crippen LogP contribution in [0.4, 0.5) is 4.79 Å². The molecule has 0 aromatic carbocycles. The first-order valence-electron chi connectivity index (χ1n) is 2.92. The number of carbonyl (C=O) groups is 2. The Hall–Kier alpha value is -1.10. The van der Waals surface area contributed by atoms with Gasteiger partial charge in [0, 0.05) is 14.1 Å². The summed E-state index contributed by atoms with van der Waals surface area (Å²) in [4.78, 5) is 22.8. The number of hydrazine groups is 1. The molecule has 1 heterocycles. The van der Waals surface area contributed by atoms with Gasteiger partial charge in [-0.15, -0.1) is 0 Å². The molecular weight excluding hydrogens is 134 g/mol. The fourth-order valence-electron chi connectivity index (χ4n) is 0.771. The zero-order valence-corrected chi connectivity index (χ0v) is 5.92. The summed E-state index contributed by atoms with van der Waals surface area (Å²) in [7, 11) is 3.06. The van der Waals surface area contributed by atoms with Crippen molar-refractivity contribution in [2.75, 3.05) is 20.6 Å².